The van der Waals surface area contributed by atoms with E-state index in [1.165, 1.54) is 0 Å². The Bertz CT molecular complexity index is 128. The summed E-state index contributed by atoms with van der Waals surface area (Å²) in [4.78, 5) is 0. The van der Waals surface area contributed by atoms with E-state index in [1.54, 1.807) is 0 Å². The molecule has 3 heteroatoms. The van der Waals surface area contributed by atoms with Gasteiger partial charge in [-0.2, -0.15) is 0 Å². The lowest BCUT2D eigenvalue weighted by molar-refractivity contribution is 0.0572. The zero-order chi connectivity index (χ0) is 5.83. The molecule has 1 aliphatic carbocycles. The summed E-state index contributed by atoms with van der Waals surface area (Å²) in [5.74, 6) is -2.37. The van der Waals surface area contributed by atoms with Crippen molar-refractivity contribution >= 4 is 0 Å². The minimum atomic E-state index is -2.37. The normalized spacial score (nSPS) is 48.8. The molecule has 0 aromatic carbocycles. The lowest BCUT2D eigenvalue weighted by atomic mass is 10.1. The van der Waals surface area contributed by atoms with Crippen LogP contribution in [0.3, 0.4) is 0 Å². The minimum Gasteiger partial charge on any atom is -0.306 e. The fourth-order valence-electron chi connectivity index (χ4n) is 1.22. The largest absolute Gasteiger partial charge is 0.306 e. The van der Waals surface area contributed by atoms with E-state index in [9.17, 15) is 8.78 Å². The zero-order valence-corrected chi connectivity index (χ0v) is 4.38. The molecule has 1 N–H and O–H groups in total. The minimum absolute atomic E-state index is 0.0694. The molecule has 1 unspecified atom stereocenters. The molecule has 1 saturated heterocycles. The summed E-state index contributed by atoms with van der Waals surface area (Å²) in [6.45, 7) is 0.773. The number of rotatable bonds is 0. The van der Waals surface area contributed by atoms with Crippen LogP contribution in [0, 0.1) is 0 Å². The van der Waals surface area contributed by atoms with Crippen molar-refractivity contribution < 1.29 is 8.78 Å². The van der Waals surface area contributed by atoms with Crippen LogP contribution in [-0.4, -0.2) is 18.0 Å². The summed E-state index contributed by atoms with van der Waals surface area (Å²) >= 11 is 0. The van der Waals surface area contributed by atoms with Crippen LogP contribution in [0.4, 0.5) is 8.78 Å². The average Bonchev–Trinajstić information content (AvgIpc) is 2.05. The van der Waals surface area contributed by atoms with Crippen molar-refractivity contribution in [3.05, 3.63) is 0 Å². The molecule has 8 heavy (non-hydrogen) atoms. The van der Waals surface area contributed by atoms with Gasteiger partial charge in [0, 0.05) is 6.42 Å². The number of hydrogen-bond acceptors (Lipinski definition) is 1. The van der Waals surface area contributed by atoms with E-state index in [2.05, 4.69) is 5.32 Å². The summed E-state index contributed by atoms with van der Waals surface area (Å²) < 4.78 is 24.3. The van der Waals surface area contributed by atoms with Gasteiger partial charge in [-0.1, -0.05) is 0 Å². The van der Waals surface area contributed by atoms with Crippen LogP contribution in [0.25, 0.3) is 0 Å². The summed E-state index contributed by atoms with van der Waals surface area (Å²) in [6.07, 6.45) is 0.736. The molecule has 1 heterocycles. The molecule has 0 bridgehead atoms. The van der Waals surface area contributed by atoms with E-state index in [4.69, 9.17) is 0 Å². The van der Waals surface area contributed by atoms with Gasteiger partial charge in [-0.25, -0.2) is 8.78 Å². The van der Waals surface area contributed by atoms with Gasteiger partial charge >= 0.3 is 0 Å². The van der Waals surface area contributed by atoms with Crippen molar-refractivity contribution in [1.29, 1.82) is 0 Å². The standard InChI is InChI=1S/C5H7F2N/c6-5(7)3-4(5)1-2-8-4/h8H,1-3H2. The van der Waals surface area contributed by atoms with E-state index < -0.39 is 11.5 Å². The van der Waals surface area contributed by atoms with Crippen molar-refractivity contribution in [3.63, 3.8) is 0 Å². The zero-order valence-electron chi connectivity index (χ0n) is 4.38. The Labute approximate surface area is 46.1 Å². The molecule has 0 aromatic heterocycles. The molecule has 2 rings (SSSR count). The van der Waals surface area contributed by atoms with Crippen LogP contribution < -0.4 is 5.32 Å². The quantitative estimate of drug-likeness (QED) is 0.496. The number of nitrogens with one attached hydrogen (secondary N) is 1. The van der Waals surface area contributed by atoms with Crippen LogP contribution in [0.15, 0.2) is 0 Å². The van der Waals surface area contributed by atoms with Crippen molar-refractivity contribution in [2.24, 2.45) is 0 Å². The third-order valence-electron chi connectivity index (χ3n) is 2.11. The van der Waals surface area contributed by atoms with Gasteiger partial charge in [-0.15, -0.1) is 0 Å². The van der Waals surface area contributed by atoms with Gasteiger partial charge in [-0.05, 0) is 13.0 Å². The fraction of sp³-hybridized carbons (Fsp3) is 1.00. The monoisotopic (exact) mass is 119 g/mol. The van der Waals surface area contributed by atoms with E-state index in [0.29, 0.717) is 6.42 Å². The van der Waals surface area contributed by atoms with Crippen LogP contribution in [0.1, 0.15) is 12.8 Å². The van der Waals surface area contributed by atoms with Crippen LogP contribution in [0.5, 0.6) is 0 Å². The summed E-state index contributed by atoms with van der Waals surface area (Å²) in [7, 11) is 0. The molecular formula is C5H7F2N. The molecule has 1 spiro atoms. The van der Waals surface area contributed by atoms with Gasteiger partial charge in [0.1, 0.15) is 0 Å². The first kappa shape index (κ1) is 4.68. The predicted molar refractivity (Wildman–Crippen MR) is 24.9 cm³/mol. The highest BCUT2D eigenvalue weighted by atomic mass is 19.3. The molecule has 1 saturated carbocycles. The lowest BCUT2D eigenvalue weighted by Crippen LogP contribution is -2.49. The van der Waals surface area contributed by atoms with E-state index in [-0.39, 0.29) is 6.42 Å². The maximum atomic E-state index is 12.2. The Morgan fingerprint density at radius 1 is 1.38 bits per heavy atom. The first-order valence-corrected chi connectivity index (χ1v) is 2.79. The van der Waals surface area contributed by atoms with Crippen molar-refractivity contribution in [3.8, 4) is 0 Å². The maximum Gasteiger partial charge on any atom is 0.268 e. The van der Waals surface area contributed by atoms with Crippen molar-refractivity contribution in [2.45, 2.75) is 24.3 Å². The summed E-state index contributed by atoms with van der Waals surface area (Å²) in [5.41, 5.74) is -0.715. The molecule has 0 amide bonds. The molecule has 1 nitrogen and oxygen atoms in total. The van der Waals surface area contributed by atoms with Gasteiger partial charge in [0.05, 0.1) is 5.54 Å². The molecular weight excluding hydrogens is 112 g/mol. The Hall–Kier alpha value is -0.180. The Morgan fingerprint density at radius 2 is 1.88 bits per heavy atom. The first-order chi connectivity index (χ1) is 3.66. The topological polar surface area (TPSA) is 12.0 Å². The van der Waals surface area contributed by atoms with Crippen molar-refractivity contribution in [1.82, 2.24) is 5.32 Å². The maximum absolute atomic E-state index is 12.2. The van der Waals surface area contributed by atoms with Crippen LogP contribution in [-0.2, 0) is 0 Å². The molecule has 0 radical (unpaired) electrons. The van der Waals surface area contributed by atoms with E-state index in [0.717, 1.165) is 6.54 Å². The SMILES string of the molecule is FC1(F)CC12CCN2. The van der Waals surface area contributed by atoms with Crippen LogP contribution >= 0.6 is 0 Å². The Morgan fingerprint density at radius 3 is 1.88 bits per heavy atom. The van der Waals surface area contributed by atoms with Crippen LogP contribution in [0.2, 0.25) is 0 Å². The Kier molecular flexibility index (Phi) is 0.539. The number of halogens is 2. The lowest BCUT2D eigenvalue weighted by Gasteiger charge is -2.27. The van der Waals surface area contributed by atoms with E-state index >= 15 is 0 Å². The summed E-state index contributed by atoms with van der Waals surface area (Å²) in [6, 6.07) is 0. The Balaban J connectivity index is 2.12. The molecule has 2 fully saturated rings. The molecule has 1 aliphatic heterocycles. The van der Waals surface area contributed by atoms with E-state index in [1.807, 2.05) is 0 Å². The highest BCUT2D eigenvalue weighted by Crippen LogP contribution is 2.57. The van der Waals surface area contributed by atoms with Gasteiger partial charge in [-0.3, -0.25) is 0 Å². The summed E-state index contributed by atoms with van der Waals surface area (Å²) in [5, 5.41) is 2.74. The van der Waals surface area contributed by atoms with Crippen molar-refractivity contribution in [2.75, 3.05) is 6.54 Å². The third-order valence-corrected chi connectivity index (χ3v) is 2.11. The fourth-order valence-corrected chi connectivity index (χ4v) is 1.22. The van der Waals surface area contributed by atoms with Gasteiger partial charge in [0.15, 0.2) is 0 Å². The average molecular weight is 119 g/mol. The first-order valence-electron chi connectivity index (χ1n) is 2.79. The molecule has 2 aliphatic rings. The number of hydrogen-bond donors (Lipinski definition) is 1. The third kappa shape index (κ3) is 0.312. The van der Waals surface area contributed by atoms with Gasteiger partial charge in [0.25, 0.3) is 5.92 Å². The smallest absolute Gasteiger partial charge is 0.268 e. The number of alkyl halides is 2. The second kappa shape index (κ2) is 0.923. The van der Waals surface area contributed by atoms with Gasteiger partial charge < -0.3 is 5.32 Å². The second-order valence-electron chi connectivity index (χ2n) is 2.64. The highest BCUT2D eigenvalue weighted by Gasteiger charge is 2.73. The van der Waals surface area contributed by atoms with Gasteiger partial charge in [0.2, 0.25) is 0 Å². The predicted octanol–water partition coefficient (Wildman–Crippen LogP) is 0.758. The molecule has 0 aromatic rings. The molecule has 1 atom stereocenters. The second-order valence-corrected chi connectivity index (χ2v) is 2.64. The molecule has 46 valence electrons. The highest BCUT2D eigenvalue weighted by molar-refractivity contribution is 5.22.